The van der Waals surface area contributed by atoms with E-state index in [1.165, 1.54) is 6.07 Å². The van der Waals surface area contributed by atoms with Gasteiger partial charge in [-0.3, -0.25) is 4.79 Å². The predicted octanol–water partition coefficient (Wildman–Crippen LogP) is 3.78. The van der Waals surface area contributed by atoms with E-state index in [2.05, 4.69) is 5.32 Å². The van der Waals surface area contributed by atoms with Crippen molar-refractivity contribution in [3.8, 4) is 0 Å². The lowest BCUT2D eigenvalue weighted by Gasteiger charge is -2.16. The monoisotopic (exact) mass is 320 g/mol. The molecule has 1 aromatic rings. The normalized spacial score (nSPS) is 15.3. The molecule has 1 heterocycles. The predicted molar refractivity (Wildman–Crippen MR) is 75.4 cm³/mol. The van der Waals surface area contributed by atoms with Crippen molar-refractivity contribution in [1.29, 1.82) is 0 Å². The number of rotatable bonds is 4. The Labute approximate surface area is 126 Å². The van der Waals surface area contributed by atoms with Crippen LogP contribution in [0.1, 0.15) is 24.8 Å². The zero-order valence-electron chi connectivity index (χ0n) is 11.3. The summed E-state index contributed by atoms with van der Waals surface area (Å²) in [5, 5.41) is 3.01. The summed E-state index contributed by atoms with van der Waals surface area (Å²) in [5.74, 6) is 0.0168. The Bertz CT molecular complexity index is 513. The molecule has 0 spiro atoms. The molecule has 0 radical (unpaired) electrons. The number of hydrogen-bond acceptors (Lipinski definition) is 2. The van der Waals surface area contributed by atoms with Crippen molar-refractivity contribution < 1.29 is 18.0 Å². The molecule has 0 aliphatic carbocycles. The minimum absolute atomic E-state index is 0.0168. The van der Waals surface area contributed by atoms with Crippen molar-refractivity contribution in [2.75, 3.05) is 25.0 Å². The number of carbonyl (C=O) groups excluding carboxylic acids is 1. The molecular weight excluding hydrogens is 305 g/mol. The Morgan fingerprint density at radius 2 is 1.95 bits per heavy atom. The van der Waals surface area contributed by atoms with Crippen molar-refractivity contribution >= 4 is 23.2 Å². The van der Waals surface area contributed by atoms with E-state index >= 15 is 0 Å². The third-order valence-corrected chi connectivity index (χ3v) is 3.74. The van der Waals surface area contributed by atoms with Gasteiger partial charge in [0, 0.05) is 26.1 Å². The number of amides is 1. The molecule has 1 N–H and O–H groups in total. The molecule has 2 rings (SSSR count). The van der Waals surface area contributed by atoms with Crippen LogP contribution in [-0.4, -0.2) is 30.4 Å². The first-order valence-corrected chi connectivity index (χ1v) is 7.14. The first-order valence-electron chi connectivity index (χ1n) is 6.76. The molecule has 0 unspecified atom stereocenters. The van der Waals surface area contributed by atoms with E-state index in [0.717, 1.165) is 38.1 Å². The van der Waals surface area contributed by atoms with Crippen LogP contribution in [0.25, 0.3) is 0 Å². The van der Waals surface area contributed by atoms with E-state index in [-0.39, 0.29) is 29.6 Å². The quantitative estimate of drug-likeness (QED) is 0.915. The molecule has 1 aliphatic heterocycles. The fourth-order valence-electron chi connectivity index (χ4n) is 2.27. The summed E-state index contributed by atoms with van der Waals surface area (Å²) in [5.41, 5.74) is -0.569. The number of anilines is 1. The van der Waals surface area contributed by atoms with Gasteiger partial charge in [-0.25, -0.2) is 0 Å². The van der Waals surface area contributed by atoms with Crippen LogP contribution in [0, 0.1) is 0 Å². The van der Waals surface area contributed by atoms with Crippen LogP contribution >= 0.6 is 11.6 Å². The Balaban J connectivity index is 1.92. The molecule has 1 amide bonds. The lowest BCUT2D eigenvalue weighted by Crippen LogP contribution is -2.29. The molecule has 7 heteroatoms. The Morgan fingerprint density at radius 3 is 2.57 bits per heavy atom. The summed E-state index contributed by atoms with van der Waals surface area (Å²) in [6.45, 7) is 1.79. The highest BCUT2D eigenvalue weighted by Crippen LogP contribution is 2.33. The Kier molecular flexibility index (Phi) is 4.98. The van der Waals surface area contributed by atoms with Crippen LogP contribution in [0.5, 0.6) is 0 Å². The third-order valence-electron chi connectivity index (χ3n) is 3.41. The second-order valence-electron chi connectivity index (χ2n) is 4.96. The zero-order chi connectivity index (χ0) is 15.5. The minimum Gasteiger partial charge on any atom is -0.383 e. The van der Waals surface area contributed by atoms with Gasteiger partial charge in [-0.05, 0) is 31.0 Å². The van der Waals surface area contributed by atoms with Crippen molar-refractivity contribution in [3.05, 3.63) is 28.8 Å². The van der Waals surface area contributed by atoms with Crippen LogP contribution < -0.4 is 5.32 Å². The topological polar surface area (TPSA) is 32.3 Å². The number of nitrogens with one attached hydrogen (secondary N) is 1. The average molecular weight is 321 g/mol. The van der Waals surface area contributed by atoms with E-state index < -0.39 is 11.7 Å². The molecule has 3 nitrogen and oxygen atoms in total. The lowest BCUT2D eigenvalue weighted by molar-refractivity contribution is -0.137. The van der Waals surface area contributed by atoms with Crippen molar-refractivity contribution in [2.45, 2.75) is 25.4 Å². The summed E-state index contributed by atoms with van der Waals surface area (Å²) in [6.07, 6.45) is -2.14. The Morgan fingerprint density at radius 1 is 1.29 bits per heavy atom. The number of benzene rings is 1. The summed E-state index contributed by atoms with van der Waals surface area (Å²) in [6, 6.07) is 3.10. The van der Waals surface area contributed by atoms with Gasteiger partial charge in [0.2, 0.25) is 5.91 Å². The molecule has 116 valence electrons. The van der Waals surface area contributed by atoms with Crippen LogP contribution in [0.3, 0.4) is 0 Å². The number of nitrogens with zero attached hydrogens (tertiary/aromatic N) is 1. The van der Waals surface area contributed by atoms with Gasteiger partial charge in [0.15, 0.2) is 0 Å². The Hall–Kier alpha value is -1.43. The molecule has 0 aromatic heterocycles. The lowest BCUT2D eigenvalue weighted by atomic mass is 10.2. The summed E-state index contributed by atoms with van der Waals surface area (Å²) in [7, 11) is 0. The van der Waals surface area contributed by atoms with E-state index in [1.807, 2.05) is 0 Å². The summed E-state index contributed by atoms with van der Waals surface area (Å²) in [4.78, 5) is 13.6. The summed E-state index contributed by atoms with van der Waals surface area (Å²) < 4.78 is 37.9. The van der Waals surface area contributed by atoms with E-state index in [0.29, 0.717) is 0 Å². The van der Waals surface area contributed by atoms with Crippen molar-refractivity contribution in [2.24, 2.45) is 0 Å². The van der Waals surface area contributed by atoms with Gasteiger partial charge in [-0.15, -0.1) is 0 Å². The van der Waals surface area contributed by atoms with Gasteiger partial charge in [0.05, 0.1) is 16.3 Å². The zero-order valence-corrected chi connectivity index (χ0v) is 12.1. The molecular formula is C14H16ClF3N2O. The number of alkyl halides is 3. The maximum Gasteiger partial charge on any atom is 0.416 e. The average Bonchev–Trinajstić information content (AvgIpc) is 2.93. The molecule has 21 heavy (non-hydrogen) atoms. The van der Waals surface area contributed by atoms with Crippen molar-refractivity contribution in [3.63, 3.8) is 0 Å². The van der Waals surface area contributed by atoms with Crippen molar-refractivity contribution in [1.82, 2.24) is 4.90 Å². The SMILES string of the molecule is O=C(CCNc1cc(C(F)(F)F)ccc1Cl)N1CCCC1. The molecule has 1 aliphatic rings. The van der Waals surface area contributed by atoms with Crippen LogP contribution in [0.2, 0.25) is 5.02 Å². The first kappa shape index (κ1) is 15.9. The van der Waals surface area contributed by atoms with Gasteiger partial charge in [-0.2, -0.15) is 13.2 Å². The van der Waals surface area contributed by atoms with Gasteiger partial charge < -0.3 is 10.2 Å². The fourth-order valence-corrected chi connectivity index (χ4v) is 2.45. The standard InChI is InChI=1S/C14H16ClF3N2O/c15-11-4-3-10(14(16,17)18)9-12(11)19-6-5-13(21)20-7-1-2-8-20/h3-4,9,19H,1-2,5-8H2. The van der Waals surface area contributed by atoms with E-state index in [1.54, 1.807) is 4.90 Å². The molecule has 0 atom stereocenters. The highest BCUT2D eigenvalue weighted by molar-refractivity contribution is 6.33. The first-order chi connectivity index (χ1) is 9.88. The van der Waals surface area contributed by atoms with Crippen LogP contribution in [0.4, 0.5) is 18.9 Å². The third kappa shape index (κ3) is 4.27. The molecule has 0 saturated carbocycles. The van der Waals surface area contributed by atoms with Crippen LogP contribution in [0.15, 0.2) is 18.2 Å². The summed E-state index contributed by atoms with van der Waals surface area (Å²) >= 11 is 5.86. The minimum atomic E-state index is -4.41. The number of likely N-dealkylation sites (tertiary alicyclic amines) is 1. The van der Waals surface area contributed by atoms with Gasteiger partial charge in [0.1, 0.15) is 0 Å². The molecule has 1 aromatic carbocycles. The number of carbonyl (C=O) groups is 1. The number of halogens is 4. The maximum atomic E-state index is 12.6. The number of hydrogen-bond donors (Lipinski definition) is 1. The largest absolute Gasteiger partial charge is 0.416 e. The second-order valence-corrected chi connectivity index (χ2v) is 5.36. The smallest absolute Gasteiger partial charge is 0.383 e. The molecule has 1 fully saturated rings. The van der Waals surface area contributed by atoms with E-state index in [9.17, 15) is 18.0 Å². The maximum absolute atomic E-state index is 12.6. The highest BCUT2D eigenvalue weighted by Gasteiger charge is 2.30. The molecule has 1 saturated heterocycles. The van der Waals surface area contributed by atoms with E-state index in [4.69, 9.17) is 11.6 Å². The highest BCUT2D eigenvalue weighted by atomic mass is 35.5. The van der Waals surface area contributed by atoms with Gasteiger partial charge in [0.25, 0.3) is 0 Å². The van der Waals surface area contributed by atoms with Gasteiger partial charge in [-0.1, -0.05) is 11.6 Å². The second kappa shape index (κ2) is 6.56. The van der Waals surface area contributed by atoms with Gasteiger partial charge >= 0.3 is 6.18 Å². The fraction of sp³-hybridized carbons (Fsp3) is 0.500. The van der Waals surface area contributed by atoms with Crippen LogP contribution in [-0.2, 0) is 11.0 Å². The molecule has 0 bridgehead atoms.